The van der Waals surface area contributed by atoms with Gasteiger partial charge in [-0.25, -0.2) is 8.42 Å². The zero-order valence-corrected chi connectivity index (χ0v) is 17.4. The number of nitrogens with zero attached hydrogens (tertiary/aromatic N) is 2. The lowest BCUT2D eigenvalue weighted by molar-refractivity contribution is -0.123. The molecule has 154 valence electrons. The Morgan fingerprint density at radius 2 is 1.64 bits per heavy atom. The van der Waals surface area contributed by atoms with Crippen molar-refractivity contribution in [1.82, 2.24) is 9.21 Å². The summed E-state index contributed by atoms with van der Waals surface area (Å²) in [5.74, 6) is -0.180. The molecule has 2 saturated heterocycles. The van der Waals surface area contributed by atoms with Crippen LogP contribution in [0.3, 0.4) is 0 Å². The topological polar surface area (TPSA) is 101 Å². The van der Waals surface area contributed by atoms with Gasteiger partial charge >= 0.3 is 0 Å². The van der Waals surface area contributed by atoms with Crippen molar-refractivity contribution in [2.75, 3.05) is 26.2 Å². The summed E-state index contributed by atoms with van der Waals surface area (Å²) in [5.41, 5.74) is 6.51. The number of amides is 2. The van der Waals surface area contributed by atoms with Crippen LogP contribution in [0.2, 0.25) is 0 Å². The van der Waals surface area contributed by atoms with E-state index in [2.05, 4.69) is 6.92 Å². The lowest BCUT2D eigenvalue weighted by Crippen LogP contribution is -2.42. The zero-order valence-electron chi connectivity index (χ0n) is 16.6. The van der Waals surface area contributed by atoms with Crippen molar-refractivity contribution in [2.45, 2.75) is 44.4 Å². The number of sulfonamides is 1. The predicted octanol–water partition coefficient (Wildman–Crippen LogP) is 1.75. The first-order valence-electron chi connectivity index (χ1n) is 9.89. The van der Waals surface area contributed by atoms with Gasteiger partial charge in [0, 0.05) is 37.7 Å². The first-order valence-corrected chi connectivity index (χ1v) is 11.3. The molecule has 0 spiro atoms. The Morgan fingerprint density at radius 1 is 1.04 bits per heavy atom. The number of piperidine rings is 2. The number of benzene rings is 1. The number of hydrogen-bond donors (Lipinski definition) is 1. The number of carbonyl (C=O) groups excluding carboxylic acids is 2. The molecule has 2 N–H and O–H groups in total. The zero-order chi connectivity index (χ0) is 20.5. The molecule has 2 fully saturated rings. The van der Waals surface area contributed by atoms with E-state index in [1.807, 2.05) is 6.92 Å². The number of likely N-dealkylation sites (tertiary alicyclic amines) is 1. The van der Waals surface area contributed by atoms with Gasteiger partial charge in [0.25, 0.3) is 5.91 Å². The van der Waals surface area contributed by atoms with Crippen LogP contribution >= 0.6 is 0 Å². The summed E-state index contributed by atoms with van der Waals surface area (Å²) < 4.78 is 27.6. The molecular formula is C20H29N3O4S. The number of rotatable bonds is 4. The van der Waals surface area contributed by atoms with Crippen LogP contribution in [0.15, 0.2) is 23.1 Å². The maximum absolute atomic E-state index is 13.0. The Balaban J connectivity index is 1.80. The summed E-state index contributed by atoms with van der Waals surface area (Å²) in [6.07, 6.45) is 2.80. The second-order valence-electron chi connectivity index (χ2n) is 8.03. The smallest absolute Gasteiger partial charge is 0.254 e. The molecule has 2 amide bonds. The van der Waals surface area contributed by atoms with Crippen molar-refractivity contribution >= 4 is 21.8 Å². The van der Waals surface area contributed by atoms with Crippen LogP contribution in [0.4, 0.5) is 0 Å². The van der Waals surface area contributed by atoms with Crippen molar-refractivity contribution in [3.8, 4) is 0 Å². The van der Waals surface area contributed by atoms with Crippen molar-refractivity contribution < 1.29 is 18.0 Å². The Labute approximate surface area is 166 Å². The van der Waals surface area contributed by atoms with E-state index in [0.717, 1.165) is 18.4 Å². The second kappa shape index (κ2) is 8.21. The molecule has 0 saturated carbocycles. The van der Waals surface area contributed by atoms with Gasteiger partial charge in [-0.15, -0.1) is 0 Å². The summed E-state index contributed by atoms with van der Waals surface area (Å²) in [5, 5.41) is 0. The molecule has 0 aliphatic carbocycles. The molecule has 0 bridgehead atoms. The average molecular weight is 408 g/mol. The fourth-order valence-electron chi connectivity index (χ4n) is 3.90. The Bertz CT molecular complexity index is 852. The standard InChI is InChI=1S/C20H29N3O4S/c1-14-5-11-23(12-6-14)28(26,27)17-4-3-15(2)18(13-17)20(25)22-9-7-16(8-10-22)19(21)24/h3-4,13-14,16H,5-12H2,1-2H3,(H2,21,24). The summed E-state index contributed by atoms with van der Waals surface area (Å²) >= 11 is 0. The van der Waals surface area contributed by atoms with Gasteiger partial charge in [0.15, 0.2) is 0 Å². The van der Waals surface area contributed by atoms with Gasteiger partial charge in [-0.1, -0.05) is 13.0 Å². The van der Waals surface area contributed by atoms with Crippen molar-refractivity contribution in [1.29, 1.82) is 0 Å². The Hall–Kier alpha value is -1.93. The highest BCUT2D eigenvalue weighted by molar-refractivity contribution is 7.89. The van der Waals surface area contributed by atoms with Crippen LogP contribution in [-0.2, 0) is 14.8 Å². The van der Waals surface area contributed by atoms with E-state index in [4.69, 9.17) is 5.73 Å². The summed E-state index contributed by atoms with van der Waals surface area (Å²) in [4.78, 5) is 26.2. The van der Waals surface area contributed by atoms with Crippen molar-refractivity contribution in [2.24, 2.45) is 17.6 Å². The molecular weight excluding hydrogens is 378 g/mol. The van der Waals surface area contributed by atoms with Crippen molar-refractivity contribution in [3.05, 3.63) is 29.3 Å². The van der Waals surface area contributed by atoms with Gasteiger partial charge in [0.2, 0.25) is 15.9 Å². The van der Waals surface area contributed by atoms with Gasteiger partial charge in [-0.2, -0.15) is 4.31 Å². The van der Waals surface area contributed by atoms with Gasteiger partial charge in [-0.3, -0.25) is 9.59 Å². The molecule has 0 radical (unpaired) electrons. The van der Waals surface area contributed by atoms with Gasteiger partial charge in [0.05, 0.1) is 4.90 Å². The lowest BCUT2D eigenvalue weighted by Gasteiger charge is -2.31. The van der Waals surface area contributed by atoms with Gasteiger partial charge < -0.3 is 10.6 Å². The van der Waals surface area contributed by atoms with E-state index in [-0.39, 0.29) is 22.6 Å². The third-order valence-corrected chi connectivity index (χ3v) is 7.90. The van der Waals surface area contributed by atoms with Crippen LogP contribution in [0.25, 0.3) is 0 Å². The molecule has 7 nitrogen and oxygen atoms in total. The fourth-order valence-corrected chi connectivity index (χ4v) is 5.40. The monoisotopic (exact) mass is 407 g/mol. The number of carbonyl (C=O) groups is 2. The SMILES string of the molecule is Cc1ccc(S(=O)(=O)N2CCC(C)CC2)cc1C(=O)N1CCC(C(N)=O)CC1. The minimum absolute atomic E-state index is 0.169. The molecule has 0 unspecified atom stereocenters. The molecule has 3 rings (SSSR count). The largest absolute Gasteiger partial charge is 0.369 e. The highest BCUT2D eigenvalue weighted by Crippen LogP contribution is 2.26. The molecule has 1 aromatic rings. The number of hydrogen-bond acceptors (Lipinski definition) is 4. The number of primary amides is 1. The lowest BCUT2D eigenvalue weighted by atomic mass is 9.95. The maximum atomic E-state index is 13.0. The Morgan fingerprint density at radius 3 is 2.21 bits per heavy atom. The molecule has 0 atom stereocenters. The highest BCUT2D eigenvalue weighted by Gasteiger charge is 2.31. The first-order chi connectivity index (χ1) is 13.2. The molecule has 0 aromatic heterocycles. The molecule has 2 aliphatic heterocycles. The summed E-state index contributed by atoms with van der Waals surface area (Å²) in [7, 11) is -3.61. The van der Waals surface area contributed by atoms with E-state index < -0.39 is 10.0 Å². The molecule has 2 aliphatic rings. The number of nitrogens with two attached hydrogens (primary N) is 1. The Kier molecular flexibility index (Phi) is 6.09. The van der Waals surface area contributed by atoms with Gasteiger partial charge in [0.1, 0.15) is 0 Å². The minimum Gasteiger partial charge on any atom is -0.369 e. The fraction of sp³-hybridized carbons (Fsp3) is 0.600. The van der Waals surface area contributed by atoms with Crippen LogP contribution < -0.4 is 5.73 Å². The summed E-state index contributed by atoms with van der Waals surface area (Å²) in [6.45, 7) is 5.87. The molecule has 1 aromatic carbocycles. The first kappa shape index (κ1) is 20.8. The van der Waals surface area contributed by atoms with E-state index >= 15 is 0 Å². The number of aryl methyl sites for hydroxylation is 1. The third kappa shape index (κ3) is 4.22. The maximum Gasteiger partial charge on any atom is 0.254 e. The van der Waals surface area contributed by atoms with E-state index in [1.54, 1.807) is 17.0 Å². The predicted molar refractivity (Wildman–Crippen MR) is 106 cm³/mol. The van der Waals surface area contributed by atoms with Crippen LogP contribution in [-0.4, -0.2) is 55.6 Å². The second-order valence-corrected chi connectivity index (χ2v) is 9.97. The quantitative estimate of drug-likeness (QED) is 0.822. The van der Waals surface area contributed by atoms with Crippen LogP contribution in [0.1, 0.15) is 48.5 Å². The third-order valence-electron chi connectivity index (χ3n) is 6.00. The molecule has 8 heteroatoms. The van der Waals surface area contributed by atoms with E-state index in [9.17, 15) is 18.0 Å². The van der Waals surface area contributed by atoms with Crippen molar-refractivity contribution in [3.63, 3.8) is 0 Å². The summed E-state index contributed by atoms with van der Waals surface area (Å²) in [6, 6.07) is 4.78. The highest BCUT2D eigenvalue weighted by atomic mass is 32.2. The molecule has 2 heterocycles. The molecule has 28 heavy (non-hydrogen) atoms. The van der Waals surface area contributed by atoms with Crippen LogP contribution in [0, 0.1) is 18.8 Å². The average Bonchev–Trinajstić information content (AvgIpc) is 2.68. The van der Waals surface area contributed by atoms with Crippen LogP contribution in [0.5, 0.6) is 0 Å². The van der Waals surface area contributed by atoms with Gasteiger partial charge in [-0.05, 0) is 56.2 Å². The normalized spacial score (nSPS) is 20.3. The van der Waals surface area contributed by atoms with E-state index in [0.29, 0.717) is 50.5 Å². The van der Waals surface area contributed by atoms with E-state index in [1.165, 1.54) is 10.4 Å². The minimum atomic E-state index is -3.61.